The summed E-state index contributed by atoms with van der Waals surface area (Å²) in [6.45, 7) is 2.55. The summed E-state index contributed by atoms with van der Waals surface area (Å²) in [7, 11) is 1.63. The van der Waals surface area contributed by atoms with Crippen molar-refractivity contribution in [3.63, 3.8) is 0 Å². The number of hydrogen-bond acceptors (Lipinski definition) is 5. The lowest BCUT2D eigenvalue weighted by Gasteiger charge is -2.11. The van der Waals surface area contributed by atoms with Crippen molar-refractivity contribution in [2.75, 3.05) is 7.11 Å². The van der Waals surface area contributed by atoms with E-state index in [4.69, 9.17) is 21.7 Å². The van der Waals surface area contributed by atoms with Gasteiger partial charge in [0.2, 0.25) is 4.77 Å². The number of rotatable bonds is 8. The summed E-state index contributed by atoms with van der Waals surface area (Å²) >= 11 is 5.25. The Hall–Kier alpha value is -2.93. The van der Waals surface area contributed by atoms with E-state index in [-0.39, 0.29) is 0 Å². The fourth-order valence-corrected chi connectivity index (χ4v) is 2.77. The molecule has 7 heteroatoms. The number of methoxy groups -OCH3 is 1. The predicted molar refractivity (Wildman–Crippen MR) is 108 cm³/mol. The minimum Gasteiger partial charge on any atom is -0.493 e. The number of aromatic nitrogens is 3. The Bertz CT molecular complexity index is 964. The SMILES string of the molecule is CCCc1n[nH]c(=S)n1/N=C/c1ccc(OC)c(OCc2ccccc2)c1. The standard InChI is InChI=1S/C20H22N4O2S/c1-3-7-19-22-23-20(27)24(19)21-13-16-10-11-17(25-2)18(12-16)26-14-15-8-5-4-6-9-15/h4-6,8-13H,3,7,14H2,1-2H3,(H,23,27)/b21-13+. The Labute approximate surface area is 163 Å². The topological polar surface area (TPSA) is 64.4 Å². The van der Waals surface area contributed by atoms with Gasteiger partial charge in [-0.3, -0.25) is 5.10 Å². The highest BCUT2D eigenvalue weighted by atomic mass is 32.1. The molecule has 3 aromatic rings. The first-order valence-corrected chi connectivity index (χ1v) is 9.17. The van der Waals surface area contributed by atoms with Gasteiger partial charge in [0, 0.05) is 6.42 Å². The number of nitrogens with zero attached hydrogens (tertiary/aromatic N) is 3. The summed E-state index contributed by atoms with van der Waals surface area (Å²) in [6, 6.07) is 15.7. The minimum absolute atomic E-state index is 0.464. The highest BCUT2D eigenvalue weighted by Gasteiger charge is 2.07. The molecular formula is C20H22N4O2S. The Morgan fingerprint density at radius 2 is 2.00 bits per heavy atom. The predicted octanol–water partition coefficient (Wildman–Crippen LogP) is 4.36. The van der Waals surface area contributed by atoms with Crippen molar-refractivity contribution >= 4 is 18.4 Å². The lowest BCUT2D eigenvalue weighted by atomic mass is 10.2. The highest BCUT2D eigenvalue weighted by Crippen LogP contribution is 2.28. The monoisotopic (exact) mass is 382 g/mol. The first-order chi connectivity index (χ1) is 13.2. The van der Waals surface area contributed by atoms with Gasteiger partial charge < -0.3 is 9.47 Å². The van der Waals surface area contributed by atoms with Gasteiger partial charge >= 0.3 is 0 Å². The van der Waals surface area contributed by atoms with Gasteiger partial charge in [-0.2, -0.15) is 14.9 Å². The smallest absolute Gasteiger partial charge is 0.216 e. The lowest BCUT2D eigenvalue weighted by Crippen LogP contribution is -2.00. The van der Waals surface area contributed by atoms with Crippen LogP contribution in [-0.4, -0.2) is 28.2 Å². The molecular weight excluding hydrogens is 360 g/mol. The van der Waals surface area contributed by atoms with Crippen molar-refractivity contribution in [1.82, 2.24) is 14.9 Å². The Morgan fingerprint density at radius 1 is 1.19 bits per heavy atom. The van der Waals surface area contributed by atoms with Crippen LogP contribution in [0.25, 0.3) is 0 Å². The first-order valence-electron chi connectivity index (χ1n) is 8.76. The second-order valence-corrected chi connectivity index (χ2v) is 6.32. The van der Waals surface area contributed by atoms with Gasteiger partial charge in [-0.15, -0.1) is 0 Å². The molecule has 6 nitrogen and oxygen atoms in total. The second kappa shape index (κ2) is 9.14. The molecule has 0 spiro atoms. The van der Waals surface area contributed by atoms with Crippen LogP contribution in [-0.2, 0) is 13.0 Å². The molecule has 0 aliphatic heterocycles. The quantitative estimate of drug-likeness (QED) is 0.464. The average Bonchev–Trinajstić information content (AvgIpc) is 3.05. The van der Waals surface area contributed by atoms with Crippen LogP contribution in [0.3, 0.4) is 0 Å². The number of benzene rings is 2. The molecule has 0 aliphatic carbocycles. The summed E-state index contributed by atoms with van der Waals surface area (Å²) in [4.78, 5) is 0. The molecule has 1 aromatic heterocycles. The number of ether oxygens (including phenoxy) is 2. The fourth-order valence-electron chi connectivity index (χ4n) is 2.57. The van der Waals surface area contributed by atoms with E-state index in [1.807, 2.05) is 48.5 Å². The van der Waals surface area contributed by atoms with Gasteiger partial charge in [0.05, 0.1) is 13.3 Å². The third-order valence-corrected chi connectivity index (χ3v) is 4.20. The van der Waals surface area contributed by atoms with Crippen LogP contribution in [0.5, 0.6) is 11.5 Å². The minimum atomic E-state index is 0.464. The van der Waals surface area contributed by atoms with Crippen molar-refractivity contribution < 1.29 is 9.47 Å². The third kappa shape index (κ3) is 4.83. The summed E-state index contributed by atoms with van der Waals surface area (Å²) < 4.78 is 13.5. The largest absolute Gasteiger partial charge is 0.493 e. The van der Waals surface area contributed by atoms with Crippen molar-refractivity contribution in [1.29, 1.82) is 0 Å². The van der Waals surface area contributed by atoms with E-state index in [9.17, 15) is 0 Å². The van der Waals surface area contributed by atoms with Gasteiger partial charge in [0.25, 0.3) is 0 Å². The van der Waals surface area contributed by atoms with Crippen LogP contribution in [0.1, 0.15) is 30.3 Å². The van der Waals surface area contributed by atoms with Crippen molar-refractivity contribution in [3.05, 3.63) is 70.3 Å². The zero-order valence-corrected chi connectivity index (χ0v) is 16.2. The zero-order chi connectivity index (χ0) is 19.1. The molecule has 0 atom stereocenters. The molecule has 0 bridgehead atoms. The van der Waals surface area contributed by atoms with Crippen LogP contribution in [0.2, 0.25) is 0 Å². The van der Waals surface area contributed by atoms with Crippen LogP contribution in [0.15, 0.2) is 53.6 Å². The molecule has 0 radical (unpaired) electrons. The average molecular weight is 382 g/mol. The zero-order valence-electron chi connectivity index (χ0n) is 15.4. The van der Waals surface area contributed by atoms with Crippen molar-refractivity contribution in [2.45, 2.75) is 26.4 Å². The molecule has 0 unspecified atom stereocenters. The summed E-state index contributed by atoms with van der Waals surface area (Å²) in [5.74, 6) is 2.15. The Kier molecular flexibility index (Phi) is 6.38. The number of aryl methyl sites for hydroxylation is 1. The molecule has 1 N–H and O–H groups in total. The van der Waals surface area contributed by atoms with E-state index in [0.717, 1.165) is 29.8 Å². The Balaban J connectivity index is 1.80. The molecule has 27 heavy (non-hydrogen) atoms. The van der Waals surface area contributed by atoms with Gasteiger partial charge in [0.15, 0.2) is 17.3 Å². The normalized spacial score (nSPS) is 11.0. The number of H-pyrrole nitrogens is 1. The highest BCUT2D eigenvalue weighted by molar-refractivity contribution is 7.71. The summed E-state index contributed by atoms with van der Waals surface area (Å²) in [5.41, 5.74) is 1.97. The van der Waals surface area contributed by atoms with E-state index < -0.39 is 0 Å². The molecule has 0 aliphatic rings. The van der Waals surface area contributed by atoms with E-state index in [0.29, 0.717) is 22.9 Å². The molecule has 0 amide bonds. The van der Waals surface area contributed by atoms with Gasteiger partial charge in [-0.25, -0.2) is 0 Å². The van der Waals surface area contributed by atoms with Gasteiger partial charge in [-0.1, -0.05) is 37.3 Å². The number of nitrogens with one attached hydrogen (secondary N) is 1. The summed E-state index contributed by atoms with van der Waals surface area (Å²) in [6.07, 6.45) is 3.51. The maximum atomic E-state index is 5.95. The molecule has 140 valence electrons. The van der Waals surface area contributed by atoms with E-state index in [1.165, 1.54) is 0 Å². The second-order valence-electron chi connectivity index (χ2n) is 5.94. The van der Waals surface area contributed by atoms with E-state index in [1.54, 1.807) is 18.0 Å². The first kappa shape index (κ1) is 18.8. The van der Waals surface area contributed by atoms with E-state index >= 15 is 0 Å². The van der Waals surface area contributed by atoms with Crippen LogP contribution < -0.4 is 9.47 Å². The maximum Gasteiger partial charge on any atom is 0.216 e. The fraction of sp³-hybridized carbons (Fsp3) is 0.250. The molecule has 0 saturated carbocycles. The van der Waals surface area contributed by atoms with Crippen LogP contribution in [0.4, 0.5) is 0 Å². The van der Waals surface area contributed by atoms with Crippen LogP contribution in [0, 0.1) is 4.77 Å². The molecule has 3 rings (SSSR count). The molecule has 0 fully saturated rings. The van der Waals surface area contributed by atoms with Gasteiger partial charge in [-0.05, 0) is 48.0 Å². The van der Waals surface area contributed by atoms with Crippen LogP contribution >= 0.6 is 12.2 Å². The molecule has 1 heterocycles. The lowest BCUT2D eigenvalue weighted by molar-refractivity contribution is 0.284. The summed E-state index contributed by atoms with van der Waals surface area (Å²) in [5, 5.41) is 11.5. The number of hydrogen-bond donors (Lipinski definition) is 1. The Morgan fingerprint density at radius 3 is 2.74 bits per heavy atom. The molecule has 0 saturated heterocycles. The van der Waals surface area contributed by atoms with Crippen molar-refractivity contribution in [3.8, 4) is 11.5 Å². The third-order valence-electron chi connectivity index (χ3n) is 3.94. The van der Waals surface area contributed by atoms with Crippen molar-refractivity contribution in [2.24, 2.45) is 5.10 Å². The van der Waals surface area contributed by atoms with Gasteiger partial charge in [0.1, 0.15) is 6.61 Å². The maximum absolute atomic E-state index is 5.95. The molecule has 2 aromatic carbocycles. The van der Waals surface area contributed by atoms with E-state index in [2.05, 4.69) is 22.2 Å². The number of aromatic amines is 1.